The van der Waals surface area contributed by atoms with Crippen LogP contribution < -0.4 is 10.1 Å². The molecule has 2 aliphatic heterocycles. The number of likely N-dealkylation sites (tertiary alicyclic amines) is 1. The Morgan fingerprint density at radius 2 is 2.00 bits per heavy atom. The van der Waals surface area contributed by atoms with Gasteiger partial charge in [0.25, 0.3) is 5.91 Å². The lowest BCUT2D eigenvalue weighted by Crippen LogP contribution is -2.49. The summed E-state index contributed by atoms with van der Waals surface area (Å²) in [6, 6.07) is 7.56. The maximum absolute atomic E-state index is 13.0. The molecule has 8 nitrogen and oxygen atoms in total. The summed E-state index contributed by atoms with van der Waals surface area (Å²) in [5.41, 5.74) is 1.19. The van der Waals surface area contributed by atoms with Gasteiger partial charge in [0.2, 0.25) is 5.91 Å². The van der Waals surface area contributed by atoms with Crippen LogP contribution in [0, 0.1) is 5.92 Å². The molecule has 9 heteroatoms. The fraction of sp³-hybridized carbons (Fsp3) is 0.476. The highest BCUT2D eigenvalue weighted by atomic mass is 32.1. The molecule has 160 valence electrons. The molecule has 2 saturated heterocycles. The largest absolute Gasteiger partial charge is 0.495 e. The van der Waals surface area contributed by atoms with Crippen LogP contribution in [-0.4, -0.2) is 73.1 Å². The highest BCUT2D eigenvalue weighted by molar-refractivity contribution is 7.14. The van der Waals surface area contributed by atoms with E-state index in [1.165, 1.54) is 11.3 Å². The lowest BCUT2D eigenvalue weighted by molar-refractivity contribution is -0.141. The van der Waals surface area contributed by atoms with Crippen molar-refractivity contribution in [1.29, 1.82) is 0 Å². The summed E-state index contributed by atoms with van der Waals surface area (Å²) in [7, 11) is 1.61. The molecule has 2 aliphatic rings. The van der Waals surface area contributed by atoms with Crippen LogP contribution in [0.4, 0.5) is 10.8 Å². The molecule has 1 aromatic heterocycles. The number of aromatic nitrogens is 1. The number of carbonyl (C=O) groups excluding carboxylic acids is 2. The van der Waals surface area contributed by atoms with E-state index < -0.39 is 0 Å². The Kier molecular flexibility index (Phi) is 6.49. The van der Waals surface area contributed by atoms with E-state index in [2.05, 4.69) is 10.3 Å². The quantitative estimate of drug-likeness (QED) is 0.785. The van der Waals surface area contributed by atoms with Crippen LogP contribution in [0.1, 0.15) is 23.3 Å². The number of thiazole rings is 1. The first-order valence-electron chi connectivity index (χ1n) is 10.2. The molecular formula is C21H26N4O4S. The van der Waals surface area contributed by atoms with Gasteiger partial charge in [-0.05, 0) is 25.0 Å². The summed E-state index contributed by atoms with van der Waals surface area (Å²) in [5, 5.41) is 5.59. The van der Waals surface area contributed by atoms with Gasteiger partial charge in [-0.1, -0.05) is 12.1 Å². The molecular weight excluding hydrogens is 404 g/mol. The van der Waals surface area contributed by atoms with E-state index >= 15 is 0 Å². The summed E-state index contributed by atoms with van der Waals surface area (Å²) in [6.45, 7) is 3.53. The van der Waals surface area contributed by atoms with Gasteiger partial charge in [0.15, 0.2) is 5.13 Å². The third-order valence-corrected chi connectivity index (χ3v) is 6.21. The zero-order valence-corrected chi connectivity index (χ0v) is 17.8. The van der Waals surface area contributed by atoms with Gasteiger partial charge < -0.3 is 24.6 Å². The van der Waals surface area contributed by atoms with E-state index in [4.69, 9.17) is 9.47 Å². The Balaban J connectivity index is 1.40. The van der Waals surface area contributed by atoms with E-state index in [1.807, 2.05) is 29.2 Å². The summed E-state index contributed by atoms with van der Waals surface area (Å²) in [6.07, 6.45) is 1.64. The Hall–Kier alpha value is -2.65. The van der Waals surface area contributed by atoms with Crippen molar-refractivity contribution < 1.29 is 19.1 Å². The zero-order valence-electron chi connectivity index (χ0n) is 17.0. The molecule has 1 aromatic carbocycles. The number of benzene rings is 1. The van der Waals surface area contributed by atoms with Crippen molar-refractivity contribution in [3.8, 4) is 5.75 Å². The number of morpholine rings is 1. The summed E-state index contributed by atoms with van der Waals surface area (Å²) >= 11 is 1.37. The molecule has 3 heterocycles. The van der Waals surface area contributed by atoms with Gasteiger partial charge in [0.1, 0.15) is 11.4 Å². The average molecular weight is 431 g/mol. The number of amides is 2. The van der Waals surface area contributed by atoms with Crippen molar-refractivity contribution in [3.05, 3.63) is 35.3 Å². The van der Waals surface area contributed by atoms with Crippen LogP contribution in [-0.2, 0) is 9.53 Å². The first-order chi connectivity index (χ1) is 14.7. The van der Waals surface area contributed by atoms with Crippen molar-refractivity contribution in [2.24, 2.45) is 5.92 Å². The number of carbonyl (C=O) groups is 2. The van der Waals surface area contributed by atoms with E-state index in [-0.39, 0.29) is 17.7 Å². The Morgan fingerprint density at radius 1 is 1.20 bits per heavy atom. The second kappa shape index (κ2) is 9.44. The topological polar surface area (TPSA) is 84.0 Å². The maximum Gasteiger partial charge on any atom is 0.273 e. The Morgan fingerprint density at radius 3 is 2.80 bits per heavy atom. The molecule has 0 bridgehead atoms. The maximum atomic E-state index is 13.0. The number of nitrogens with one attached hydrogen (secondary N) is 1. The number of piperidine rings is 1. The molecule has 2 amide bonds. The van der Waals surface area contributed by atoms with E-state index in [0.717, 1.165) is 18.5 Å². The van der Waals surface area contributed by atoms with E-state index in [1.54, 1.807) is 17.4 Å². The van der Waals surface area contributed by atoms with Crippen LogP contribution in [0.25, 0.3) is 0 Å². The van der Waals surface area contributed by atoms with Gasteiger partial charge in [-0.2, -0.15) is 0 Å². The molecule has 0 spiro atoms. The normalized spacial score (nSPS) is 19.4. The molecule has 0 saturated carbocycles. The predicted molar refractivity (Wildman–Crippen MR) is 114 cm³/mol. The predicted octanol–water partition coefficient (Wildman–Crippen LogP) is 2.61. The van der Waals surface area contributed by atoms with Crippen molar-refractivity contribution in [3.63, 3.8) is 0 Å². The van der Waals surface area contributed by atoms with Crippen molar-refractivity contribution >= 4 is 34.0 Å². The zero-order chi connectivity index (χ0) is 20.9. The van der Waals surface area contributed by atoms with Crippen LogP contribution in [0.2, 0.25) is 0 Å². The number of para-hydroxylation sites is 2. The molecule has 1 atom stereocenters. The average Bonchev–Trinajstić information content (AvgIpc) is 3.27. The minimum absolute atomic E-state index is 0.126. The molecule has 30 heavy (non-hydrogen) atoms. The molecule has 1 unspecified atom stereocenters. The monoisotopic (exact) mass is 430 g/mol. The van der Waals surface area contributed by atoms with Gasteiger partial charge in [-0.25, -0.2) is 4.98 Å². The van der Waals surface area contributed by atoms with Gasteiger partial charge in [-0.15, -0.1) is 11.3 Å². The van der Waals surface area contributed by atoms with Gasteiger partial charge in [-0.3, -0.25) is 9.59 Å². The SMILES string of the molecule is COc1ccccc1Nc1nc(C(=O)N2CCCC(C(=O)N3CCOCC3)C2)cs1. The number of methoxy groups -OCH3 is 1. The minimum atomic E-state index is -0.148. The van der Waals surface area contributed by atoms with Crippen LogP contribution in [0.15, 0.2) is 29.6 Å². The molecule has 1 N–H and O–H groups in total. The van der Waals surface area contributed by atoms with Crippen molar-refractivity contribution in [2.45, 2.75) is 12.8 Å². The molecule has 2 fully saturated rings. The smallest absolute Gasteiger partial charge is 0.273 e. The van der Waals surface area contributed by atoms with Crippen LogP contribution in [0.5, 0.6) is 5.75 Å². The lowest BCUT2D eigenvalue weighted by atomic mass is 9.96. The van der Waals surface area contributed by atoms with Crippen LogP contribution >= 0.6 is 11.3 Å². The first-order valence-corrected chi connectivity index (χ1v) is 11.0. The van der Waals surface area contributed by atoms with E-state index in [0.29, 0.717) is 56.0 Å². The lowest BCUT2D eigenvalue weighted by Gasteiger charge is -2.36. The molecule has 4 rings (SSSR count). The number of nitrogens with zero attached hydrogens (tertiary/aromatic N) is 3. The second-order valence-corrected chi connectivity index (χ2v) is 8.25. The van der Waals surface area contributed by atoms with Crippen LogP contribution in [0.3, 0.4) is 0 Å². The highest BCUT2D eigenvalue weighted by Crippen LogP contribution is 2.29. The first kappa shape index (κ1) is 20.6. The van der Waals surface area contributed by atoms with Gasteiger partial charge in [0, 0.05) is 31.6 Å². The number of ether oxygens (including phenoxy) is 2. The third kappa shape index (κ3) is 4.57. The molecule has 0 radical (unpaired) electrons. The van der Waals surface area contributed by atoms with Gasteiger partial charge >= 0.3 is 0 Å². The van der Waals surface area contributed by atoms with E-state index in [9.17, 15) is 9.59 Å². The summed E-state index contributed by atoms with van der Waals surface area (Å²) in [4.78, 5) is 33.9. The molecule has 2 aromatic rings. The standard InChI is InChI=1S/C21H26N4O4S/c1-28-18-7-3-2-6-16(18)22-21-23-17(14-30-21)20(27)25-8-4-5-15(13-25)19(26)24-9-11-29-12-10-24/h2-3,6-7,14-15H,4-5,8-13H2,1H3,(H,22,23). The molecule has 0 aliphatic carbocycles. The Labute approximate surface area is 179 Å². The fourth-order valence-corrected chi connectivity index (χ4v) is 4.56. The summed E-state index contributed by atoms with van der Waals surface area (Å²) < 4.78 is 10.7. The second-order valence-electron chi connectivity index (χ2n) is 7.39. The summed E-state index contributed by atoms with van der Waals surface area (Å²) in [5.74, 6) is 0.568. The highest BCUT2D eigenvalue weighted by Gasteiger charge is 2.32. The number of rotatable bonds is 5. The third-order valence-electron chi connectivity index (χ3n) is 5.45. The van der Waals surface area contributed by atoms with Gasteiger partial charge in [0.05, 0.1) is 31.9 Å². The Bertz CT molecular complexity index is 897. The number of hydrogen-bond acceptors (Lipinski definition) is 7. The van der Waals surface area contributed by atoms with Crippen molar-refractivity contribution in [1.82, 2.24) is 14.8 Å². The number of hydrogen-bond donors (Lipinski definition) is 1. The van der Waals surface area contributed by atoms with Crippen molar-refractivity contribution in [2.75, 3.05) is 51.8 Å². The fourth-order valence-electron chi connectivity index (χ4n) is 3.86. The number of anilines is 2. The minimum Gasteiger partial charge on any atom is -0.495 e.